The number of ether oxygens (including phenoxy) is 1. The number of nitriles is 1. The predicted molar refractivity (Wildman–Crippen MR) is 96.7 cm³/mol. The molecule has 0 unspecified atom stereocenters. The lowest BCUT2D eigenvalue weighted by Gasteiger charge is -2.10. The minimum Gasteiger partial charge on any atom is -0.487 e. The Kier molecular flexibility index (Phi) is 5.35. The van der Waals surface area contributed by atoms with E-state index in [0.717, 1.165) is 11.3 Å². The molecule has 0 bridgehead atoms. The van der Waals surface area contributed by atoms with Gasteiger partial charge in [-0.3, -0.25) is 14.8 Å². The van der Waals surface area contributed by atoms with Gasteiger partial charge in [-0.1, -0.05) is 24.3 Å². The van der Waals surface area contributed by atoms with Gasteiger partial charge in [0.25, 0.3) is 0 Å². The molecule has 0 radical (unpaired) electrons. The molecule has 5 heteroatoms. The summed E-state index contributed by atoms with van der Waals surface area (Å²) in [6.07, 6.45) is 3.24. The second-order valence-electron chi connectivity index (χ2n) is 5.81. The first-order valence-electron chi connectivity index (χ1n) is 8.16. The van der Waals surface area contributed by atoms with Gasteiger partial charge in [0.15, 0.2) is 11.7 Å². The Labute approximate surface area is 151 Å². The highest BCUT2D eigenvalue weighted by molar-refractivity contribution is 6.02. The van der Waals surface area contributed by atoms with Gasteiger partial charge < -0.3 is 4.74 Å². The maximum Gasteiger partial charge on any atom is 0.186 e. The Hall–Kier alpha value is -3.52. The van der Waals surface area contributed by atoms with E-state index in [1.165, 1.54) is 0 Å². The van der Waals surface area contributed by atoms with E-state index in [2.05, 4.69) is 9.97 Å². The van der Waals surface area contributed by atoms with Crippen molar-refractivity contribution in [3.63, 3.8) is 0 Å². The van der Waals surface area contributed by atoms with Crippen LogP contribution in [-0.4, -0.2) is 15.8 Å². The van der Waals surface area contributed by atoms with Crippen LogP contribution >= 0.6 is 0 Å². The average molecular weight is 343 g/mol. The number of carbonyl (C=O) groups excluding carboxylic acids is 1. The Balaban J connectivity index is 1.75. The highest BCUT2D eigenvalue weighted by Crippen LogP contribution is 2.20. The van der Waals surface area contributed by atoms with Crippen LogP contribution in [0.1, 0.15) is 33.2 Å². The first kappa shape index (κ1) is 17.3. The first-order chi connectivity index (χ1) is 12.7. The summed E-state index contributed by atoms with van der Waals surface area (Å²) >= 11 is 0. The molecular weight excluding hydrogens is 326 g/mol. The molecule has 0 saturated heterocycles. The number of benzene rings is 1. The van der Waals surface area contributed by atoms with Crippen molar-refractivity contribution in [3.8, 4) is 11.8 Å². The van der Waals surface area contributed by atoms with Gasteiger partial charge in [0.1, 0.15) is 12.4 Å². The van der Waals surface area contributed by atoms with E-state index in [-0.39, 0.29) is 5.78 Å². The molecule has 0 aliphatic rings. The lowest BCUT2D eigenvalue weighted by atomic mass is 9.94. The average Bonchev–Trinajstić information content (AvgIpc) is 2.69. The van der Waals surface area contributed by atoms with Crippen molar-refractivity contribution in [3.05, 3.63) is 89.5 Å². The molecule has 0 spiro atoms. The second-order valence-corrected chi connectivity index (χ2v) is 5.81. The number of aromatic nitrogens is 2. The summed E-state index contributed by atoms with van der Waals surface area (Å²) in [5, 5.41) is 9.41. The molecule has 0 fully saturated rings. The third kappa shape index (κ3) is 4.11. The minimum atomic E-state index is -0.923. The molecule has 2 aromatic heterocycles. The molecule has 128 valence electrons. The van der Waals surface area contributed by atoms with Crippen molar-refractivity contribution in [1.82, 2.24) is 9.97 Å². The van der Waals surface area contributed by atoms with E-state index < -0.39 is 5.92 Å². The number of hydrogen-bond acceptors (Lipinski definition) is 5. The van der Waals surface area contributed by atoms with Crippen LogP contribution < -0.4 is 4.74 Å². The van der Waals surface area contributed by atoms with Gasteiger partial charge >= 0.3 is 0 Å². The second kappa shape index (κ2) is 8.04. The summed E-state index contributed by atoms with van der Waals surface area (Å²) in [5.74, 6) is -0.533. The summed E-state index contributed by atoms with van der Waals surface area (Å²) in [4.78, 5) is 21.0. The SMILES string of the molecule is Cc1ccc(OCc2cccc(C(=O)[C@@H](C#N)c3ccccn3)c2)cn1. The number of ketones is 1. The Morgan fingerprint density at radius 1 is 1.15 bits per heavy atom. The van der Waals surface area contributed by atoms with Crippen molar-refractivity contribution >= 4 is 5.78 Å². The maximum absolute atomic E-state index is 12.7. The van der Waals surface area contributed by atoms with Crippen LogP contribution in [0.4, 0.5) is 0 Å². The summed E-state index contributed by atoms with van der Waals surface area (Å²) < 4.78 is 5.70. The Morgan fingerprint density at radius 2 is 2.04 bits per heavy atom. The van der Waals surface area contributed by atoms with E-state index >= 15 is 0 Å². The molecule has 0 amide bonds. The zero-order chi connectivity index (χ0) is 18.4. The lowest BCUT2D eigenvalue weighted by Crippen LogP contribution is -2.13. The third-order valence-electron chi connectivity index (χ3n) is 3.88. The minimum absolute atomic E-state index is 0.273. The number of hydrogen-bond donors (Lipinski definition) is 0. The summed E-state index contributed by atoms with van der Waals surface area (Å²) in [5.41, 5.74) is 2.67. The molecule has 1 aromatic carbocycles. The van der Waals surface area contributed by atoms with Crippen molar-refractivity contribution in [2.24, 2.45) is 0 Å². The van der Waals surface area contributed by atoms with Crippen molar-refractivity contribution in [2.45, 2.75) is 19.4 Å². The van der Waals surface area contributed by atoms with Crippen LogP contribution in [0, 0.1) is 18.3 Å². The molecule has 26 heavy (non-hydrogen) atoms. The largest absolute Gasteiger partial charge is 0.487 e. The normalized spacial score (nSPS) is 11.4. The number of rotatable bonds is 6. The maximum atomic E-state index is 12.7. The van der Waals surface area contributed by atoms with Gasteiger partial charge in [0.05, 0.1) is 18.0 Å². The zero-order valence-corrected chi connectivity index (χ0v) is 14.3. The number of nitrogens with zero attached hydrogens (tertiary/aromatic N) is 3. The number of Topliss-reactive ketones (excluding diaryl/α,β-unsaturated/α-hetero) is 1. The fourth-order valence-corrected chi connectivity index (χ4v) is 2.49. The monoisotopic (exact) mass is 343 g/mol. The topological polar surface area (TPSA) is 75.9 Å². The third-order valence-corrected chi connectivity index (χ3v) is 3.88. The first-order valence-corrected chi connectivity index (χ1v) is 8.16. The molecule has 3 aromatic rings. The molecule has 0 N–H and O–H groups in total. The van der Waals surface area contributed by atoms with Crippen LogP contribution in [0.3, 0.4) is 0 Å². The van der Waals surface area contributed by atoms with Crippen molar-refractivity contribution < 1.29 is 9.53 Å². The summed E-state index contributed by atoms with van der Waals surface area (Å²) in [7, 11) is 0. The number of aryl methyl sites for hydroxylation is 1. The lowest BCUT2D eigenvalue weighted by molar-refractivity contribution is 0.0977. The standard InChI is InChI=1S/C21H17N3O2/c1-15-8-9-18(13-24-15)26-14-16-5-4-6-17(11-16)21(25)19(12-22)20-7-2-3-10-23-20/h2-11,13,19H,14H2,1H3/t19-/m0/s1. The fourth-order valence-electron chi connectivity index (χ4n) is 2.49. The Bertz CT molecular complexity index is 931. The molecule has 0 aliphatic carbocycles. The van der Waals surface area contributed by atoms with Gasteiger partial charge in [-0.15, -0.1) is 0 Å². The number of carbonyl (C=O) groups is 1. The van der Waals surface area contributed by atoms with Crippen LogP contribution in [0.25, 0.3) is 0 Å². The summed E-state index contributed by atoms with van der Waals surface area (Å²) in [6.45, 7) is 2.22. The fraction of sp³-hybridized carbons (Fsp3) is 0.143. The van der Waals surface area contributed by atoms with Gasteiger partial charge in [-0.25, -0.2) is 0 Å². The van der Waals surface area contributed by atoms with Crippen LogP contribution in [0.15, 0.2) is 67.0 Å². The van der Waals surface area contributed by atoms with E-state index in [1.54, 1.807) is 48.8 Å². The van der Waals surface area contributed by atoms with E-state index in [1.807, 2.05) is 31.2 Å². The zero-order valence-electron chi connectivity index (χ0n) is 14.3. The molecule has 1 atom stereocenters. The summed E-state index contributed by atoms with van der Waals surface area (Å²) in [6, 6.07) is 18.1. The van der Waals surface area contributed by atoms with Gasteiger partial charge in [0, 0.05) is 17.5 Å². The van der Waals surface area contributed by atoms with Gasteiger partial charge in [-0.2, -0.15) is 5.26 Å². The smallest absolute Gasteiger partial charge is 0.186 e. The molecule has 0 aliphatic heterocycles. The van der Waals surface area contributed by atoms with Crippen molar-refractivity contribution in [1.29, 1.82) is 5.26 Å². The van der Waals surface area contributed by atoms with Crippen LogP contribution in [0.5, 0.6) is 5.75 Å². The van der Waals surface area contributed by atoms with Gasteiger partial charge in [-0.05, 0) is 42.8 Å². The molecule has 3 rings (SSSR count). The quantitative estimate of drug-likeness (QED) is 0.635. The number of pyridine rings is 2. The van der Waals surface area contributed by atoms with Crippen LogP contribution in [0.2, 0.25) is 0 Å². The molecule has 2 heterocycles. The van der Waals surface area contributed by atoms with Crippen LogP contribution in [-0.2, 0) is 6.61 Å². The Morgan fingerprint density at radius 3 is 2.73 bits per heavy atom. The van der Waals surface area contributed by atoms with Gasteiger partial charge in [0.2, 0.25) is 0 Å². The molecule has 0 saturated carbocycles. The highest BCUT2D eigenvalue weighted by atomic mass is 16.5. The molecule has 5 nitrogen and oxygen atoms in total. The highest BCUT2D eigenvalue weighted by Gasteiger charge is 2.23. The van der Waals surface area contributed by atoms with E-state index in [4.69, 9.17) is 4.74 Å². The van der Waals surface area contributed by atoms with Crippen molar-refractivity contribution in [2.75, 3.05) is 0 Å². The van der Waals surface area contributed by atoms with E-state index in [9.17, 15) is 10.1 Å². The predicted octanol–water partition coefficient (Wildman–Crippen LogP) is 3.85. The molecular formula is C21H17N3O2. The van der Waals surface area contributed by atoms with E-state index in [0.29, 0.717) is 23.6 Å².